The van der Waals surface area contributed by atoms with Crippen LogP contribution in [0, 0.1) is 0 Å². The van der Waals surface area contributed by atoms with Crippen LogP contribution in [-0.4, -0.2) is 22.1 Å². The Bertz CT molecular complexity index is 215. The fraction of sp³-hybridized carbons (Fsp3) is 0.667. The van der Waals surface area contributed by atoms with Crippen LogP contribution in [0.1, 0.15) is 18.5 Å². The first-order chi connectivity index (χ1) is 4.87. The van der Waals surface area contributed by atoms with Crippen LogP contribution >= 0.6 is 0 Å². The van der Waals surface area contributed by atoms with Gasteiger partial charge in [-0.05, 0) is 12.8 Å². The summed E-state index contributed by atoms with van der Waals surface area (Å²) in [5.41, 5.74) is 0.516. The van der Waals surface area contributed by atoms with Crippen molar-refractivity contribution in [1.82, 2.24) is 15.4 Å². The molecule has 0 bridgehead atoms. The van der Waals surface area contributed by atoms with Crippen LogP contribution in [0.15, 0.2) is 6.20 Å². The monoisotopic (exact) mass is 141 g/mol. The molecule has 4 heteroatoms. The quantitative estimate of drug-likeness (QED) is 0.662. The van der Waals surface area contributed by atoms with E-state index >= 15 is 0 Å². The molecule has 1 heterocycles. The standard InChI is InChI=1S/C6H8FN3/c7-4-6(1-2-6)5-3-8-10-9-5/h3H,1-2,4H2,(H,8,9,10). The number of H-pyrrole nitrogens is 1. The van der Waals surface area contributed by atoms with Gasteiger partial charge < -0.3 is 0 Å². The SMILES string of the molecule is FCC1(c2cn[nH]n2)CC1. The van der Waals surface area contributed by atoms with Crippen LogP contribution < -0.4 is 0 Å². The van der Waals surface area contributed by atoms with E-state index < -0.39 is 0 Å². The van der Waals surface area contributed by atoms with Crippen LogP contribution in [0.25, 0.3) is 0 Å². The molecule has 3 nitrogen and oxygen atoms in total. The van der Waals surface area contributed by atoms with Gasteiger partial charge >= 0.3 is 0 Å². The van der Waals surface area contributed by atoms with Gasteiger partial charge in [0.05, 0.1) is 11.9 Å². The zero-order chi connectivity index (χ0) is 7.03. The van der Waals surface area contributed by atoms with Gasteiger partial charge in [-0.25, -0.2) is 0 Å². The van der Waals surface area contributed by atoms with Crippen molar-refractivity contribution in [2.24, 2.45) is 0 Å². The molecule has 1 aromatic rings. The predicted molar refractivity (Wildman–Crippen MR) is 33.3 cm³/mol. The highest BCUT2D eigenvalue weighted by molar-refractivity contribution is 5.20. The molecule has 0 atom stereocenters. The Morgan fingerprint density at radius 1 is 1.70 bits per heavy atom. The van der Waals surface area contributed by atoms with Gasteiger partial charge in [-0.2, -0.15) is 15.4 Å². The number of alkyl halides is 1. The first kappa shape index (κ1) is 5.82. The highest BCUT2D eigenvalue weighted by Crippen LogP contribution is 2.47. The van der Waals surface area contributed by atoms with E-state index in [1.165, 1.54) is 0 Å². The Morgan fingerprint density at radius 3 is 2.90 bits per heavy atom. The third-order valence-electron chi connectivity index (χ3n) is 2.07. The number of rotatable bonds is 2. The Kier molecular flexibility index (Phi) is 1.03. The van der Waals surface area contributed by atoms with Gasteiger partial charge in [-0.3, -0.25) is 4.39 Å². The number of hydrogen-bond acceptors (Lipinski definition) is 2. The molecule has 1 aliphatic rings. The molecule has 1 fully saturated rings. The Balaban J connectivity index is 2.27. The van der Waals surface area contributed by atoms with E-state index in [-0.39, 0.29) is 12.1 Å². The number of nitrogens with zero attached hydrogens (tertiary/aromatic N) is 2. The molecule has 0 saturated heterocycles. The number of aromatic nitrogens is 3. The lowest BCUT2D eigenvalue weighted by atomic mass is 10.1. The van der Waals surface area contributed by atoms with Crippen molar-refractivity contribution in [2.45, 2.75) is 18.3 Å². The molecule has 10 heavy (non-hydrogen) atoms. The van der Waals surface area contributed by atoms with Gasteiger partial charge in [0.15, 0.2) is 0 Å². The van der Waals surface area contributed by atoms with E-state index in [9.17, 15) is 4.39 Å². The lowest BCUT2D eigenvalue weighted by molar-refractivity contribution is 0.412. The normalized spacial score (nSPS) is 20.9. The zero-order valence-corrected chi connectivity index (χ0v) is 5.47. The van der Waals surface area contributed by atoms with Crippen molar-refractivity contribution >= 4 is 0 Å². The summed E-state index contributed by atoms with van der Waals surface area (Å²) in [6, 6.07) is 0. The van der Waals surface area contributed by atoms with Gasteiger partial charge in [-0.1, -0.05) is 0 Å². The third kappa shape index (κ3) is 0.647. The van der Waals surface area contributed by atoms with Crippen molar-refractivity contribution in [1.29, 1.82) is 0 Å². The smallest absolute Gasteiger partial charge is 0.101 e. The van der Waals surface area contributed by atoms with E-state index in [2.05, 4.69) is 15.4 Å². The predicted octanol–water partition coefficient (Wildman–Crippen LogP) is 0.806. The molecule has 0 amide bonds. The Labute approximate surface area is 57.6 Å². The van der Waals surface area contributed by atoms with Crippen molar-refractivity contribution < 1.29 is 4.39 Å². The fourth-order valence-corrected chi connectivity index (χ4v) is 1.07. The second-order valence-electron chi connectivity index (χ2n) is 2.77. The molecule has 1 N–H and O–H groups in total. The molecular weight excluding hydrogens is 133 g/mol. The van der Waals surface area contributed by atoms with Gasteiger partial charge in [0.1, 0.15) is 6.67 Å². The lowest BCUT2D eigenvalue weighted by Gasteiger charge is -2.02. The maximum absolute atomic E-state index is 12.3. The third-order valence-corrected chi connectivity index (χ3v) is 2.07. The van der Waals surface area contributed by atoms with Crippen molar-refractivity contribution in [3.8, 4) is 0 Å². The van der Waals surface area contributed by atoms with Gasteiger partial charge in [-0.15, -0.1) is 0 Å². The summed E-state index contributed by atoms with van der Waals surface area (Å²) in [6.07, 6.45) is 3.43. The first-order valence-electron chi connectivity index (χ1n) is 3.30. The largest absolute Gasteiger partial charge is 0.250 e. The summed E-state index contributed by atoms with van der Waals surface area (Å²) in [5, 5.41) is 9.96. The topological polar surface area (TPSA) is 41.6 Å². The molecule has 1 aromatic heterocycles. The number of nitrogens with one attached hydrogen (secondary N) is 1. The van der Waals surface area contributed by atoms with E-state index in [1.807, 2.05) is 0 Å². The first-order valence-corrected chi connectivity index (χ1v) is 3.30. The van der Waals surface area contributed by atoms with Gasteiger partial charge in [0.2, 0.25) is 0 Å². The maximum atomic E-state index is 12.3. The summed E-state index contributed by atoms with van der Waals surface area (Å²) in [7, 11) is 0. The fourth-order valence-electron chi connectivity index (χ4n) is 1.07. The number of halogens is 1. The van der Waals surface area contributed by atoms with Gasteiger partial charge in [0, 0.05) is 5.41 Å². The highest BCUT2D eigenvalue weighted by Gasteiger charge is 2.46. The molecule has 0 aromatic carbocycles. The Hall–Kier alpha value is -0.930. The second kappa shape index (κ2) is 1.78. The second-order valence-corrected chi connectivity index (χ2v) is 2.77. The van der Waals surface area contributed by atoms with E-state index in [0.29, 0.717) is 0 Å². The zero-order valence-electron chi connectivity index (χ0n) is 5.47. The number of aromatic amines is 1. The van der Waals surface area contributed by atoms with Gasteiger partial charge in [0.25, 0.3) is 0 Å². The molecule has 0 spiro atoms. The molecule has 1 saturated carbocycles. The molecular formula is C6H8FN3. The van der Waals surface area contributed by atoms with Crippen molar-refractivity contribution in [3.63, 3.8) is 0 Å². The average molecular weight is 141 g/mol. The van der Waals surface area contributed by atoms with Crippen molar-refractivity contribution in [2.75, 3.05) is 6.67 Å². The van der Waals surface area contributed by atoms with E-state index in [0.717, 1.165) is 18.5 Å². The molecule has 1 aliphatic carbocycles. The summed E-state index contributed by atoms with van der Waals surface area (Å²) in [6.45, 7) is -0.306. The minimum absolute atomic E-state index is 0.257. The van der Waals surface area contributed by atoms with E-state index in [4.69, 9.17) is 0 Å². The van der Waals surface area contributed by atoms with Crippen molar-refractivity contribution in [3.05, 3.63) is 11.9 Å². The highest BCUT2D eigenvalue weighted by atomic mass is 19.1. The summed E-state index contributed by atoms with van der Waals surface area (Å²) >= 11 is 0. The lowest BCUT2D eigenvalue weighted by Crippen LogP contribution is -2.08. The summed E-state index contributed by atoms with van der Waals surface area (Å²) in [5.74, 6) is 0. The molecule has 0 radical (unpaired) electrons. The minimum Gasteiger partial charge on any atom is -0.250 e. The average Bonchev–Trinajstić information content (AvgIpc) is 2.58. The molecule has 0 unspecified atom stereocenters. The minimum atomic E-state index is -0.306. The molecule has 54 valence electrons. The molecule has 2 rings (SSSR count). The van der Waals surface area contributed by atoms with E-state index in [1.54, 1.807) is 6.20 Å². The number of hydrogen-bond donors (Lipinski definition) is 1. The van der Waals surface area contributed by atoms with Crippen LogP contribution in [0.5, 0.6) is 0 Å². The summed E-state index contributed by atoms with van der Waals surface area (Å²) < 4.78 is 12.3. The van der Waals surface area contributed by atoms with Crippen LogP contribution in [0.4, 0.5) is 4.39 Å². The molecule has 0 aliphatic heterocycles. The maximum Gasteiger partial charge on any atom is 0.101 e. The van der Waals surface area contributed by atoms with Crippen LogP contribution in [0.3, 0.4) is 0 Å². The summed E-state index contributed by atoms with van der Waals surface area (Å²) in [4.78, 5) is 0. The Morgan fingerprint density at radius 2 is 2.50 bits per heavy atom. The van der Waals surface area contributed by atoms with Crippen LogP contribution in [-0.2, 0) is 5.41 Å². The van der Waals surface area contributed by atoms with Crippen LogP contribution in [0.2, 0.25) is 0 Å².